The van der Waals surface area contributed by atoms with Gasteiger partial charge < -0.3 is 4.90 Å². The van der Waals surface area contributed by atoms with Crippen LogP contribution in [0.15, 0.2) is 30.3 Å². The average Bonchev–Trinajstić information content (AvgIpc) is 2.38. The van der Waals surface area contributed by atoms with Gasteiger partial charge in [-0.3, -0.25) is 19.3 Å². The highest BCUT2D eigenvalue weighted by Gasteiger charge is 2.30. The van der Waals surface area contributed by atoms with E-state index in [1.54, 1.807) is 24.3 Å². The lowest BCUT2D eigenvalue weighted by atomic mass is 10.2. The summed E-state index contributed by atoms with van der Waals surface area (Å²) in [5.41, 5.74) is 0.488. The predicted octanol–water partition coefficient (Wildman–Crippen LogP) is 0.518. The van der Waals surface area contributed by atoms with Gasteiger partial charge in [-0.05, 0) is 12.1 Å². The van der Waals surface area contributed by atoms with Crippen molar-refractivity contribution >= 4 is 17.7 Å². The Labute approximate surface area is 105 Å². The zero-order valence-electron chi connectivity index (χ0n) is 10.1. The fourth-order valence-electron chi connectivity index (χ4n) is 1.89. The van der Waals surface area contributed by atoms with Gasteiger partial charge >= 0.3 is 0 Å². The number of imide groups is 1. The van der Waals surface area contributed by atoms with Crippen LogP contribution >= 0.6 is 0 Å². The first-order valence-electron chi connectivity index (χ1n) is 5.75. The quantitative estimate of drug-likeness (QED) is 0.679. The van der Waals surface area contributed by atoms with Crippen LogP contribution in [0.4, 0.5) is 0 Å². The molecule has 1 fully saturated rings. The number of hydrogen-bond donors (Lipinski definition) is 0. The summed E-state index contributed by atoms with van der Waals surface area (Å²) in [5, 5.41) is 0. The third-order valence-electron chi connectivity index (χ3n) is 2.93. The van der Waals surface area contributed by atoms with Crippen LogP contribution in [-0.2, 0) is 9.59 Å². The largest absolute Gasteiger partial charge is 0.332 e. The first-order valence-corrected chi connectivity index (χ1v) is 5.75. The average molecular weight is 246 g/mol. The standard InChI is InChI=1S/C13H14N2O3/c1-10(16)14-7-8-15(12(17)9-14)13(18)11-5-3-2-4-6-11/h2-6H,7-9H2,1H3. The minimum absolute atomic E-state index is 0.0199. The Kier molecular flexibility index (Phi) is 3.41. The molecule has 0 unspecified atom stereocenters. The topological polar surface area (TPSA) is 57.7 Å². The number of nitrogens with zero attached hydrogens (tertiary/aromatic N) is 2. The number of amides is 3. The molecule has 1 saturated heterocycles. The summed E-state index contributed by atoms with van der Waals surface area (Å²) in [7, 11) is 0. The van der Waals surface area contributed by atoms with Gasteiger partial charge in [-0.2, -0.15) is 0 Å². The lowest BCUT2D eigenvalue weighted by Gasteiger charge is -2.32. The van der Waals surface area contributed by atoms with Crippen molar-refractivity contribution in [3.8, 4) is 0 Å². The van der Waals surface area contributed by atoms with Crippen molar-refractivity contribution in [2.75, 3.05) is 19.6 Å². The Balaban J connectivity index is 2.10. The Bertz CT molecular complexity index is 484. The highest BCUT2D eigenvalue weighted by atomic mass is 16.2. The SMILES string of the molecule is CC(=O)N1CCN(C(=O)c2ccccc2)C(=O)C1. The van der Waals surface area contributed by atoms with Crippen molar-refractivity contribution < 1.29 is 14.4 Å². The van der Waals surface area contributed by atoms with E-state index in [0.717, 1.165) is 0 Å². The number of hydrogen-bond acceptors (Lipinski definition) is 3. The molecule has 3 amide bonds. The third kappa shape index (κ3) is 2.40. The van der Waals surface area contributed by atoms with E-state index in [1.165, 1.54) is 16.7 Å². The lowest BCUT2D eigenvalue weighted by Crippen LogP contribution is -2.53. The van der Waals surface area contributed by atoms with Crippen LogP contribution in [0.5, 0.6) is 0 Å². The fourth-order valence-corrected chi connectivity index (χ4v) is 1.89. The summed E-state index contributed by atoms with van der Waals surface area (Å²) in [6.07, 6.45) is 0. The number of rotatable bonds is 1. The van der Waals surface area contributed by atoms with E-state index in [0.29, 0.717) is 12.1 Å². The van der Waals surface area contributed by atoms with Gasteiger partial charge in [-0.15, -0.1) is 0 Å². The van der Waals surface area contributed by atoms with Crippen molar-refractivity contribution in [2.45, 2.75) is 6.92 Å². The molecule has 0 N–H and O–H groups in total. The lowest BCUT2D eigenvalue weighted by molar-refractivity contribution is -0.142. The van der Waals surface area contributed by atoms with Gasteiger partial charge in [-0.25, -0.2) is 0 Å². The van der Waals surface area contributed by atoms with E-state index in [2.05, 4.69) is 0 Å². The normalized spacial score (nSPS) is 15.7. The zero-order chi connectivity index (χ0) is 13.1. The molecule has 5 nitrogen and oxygen atoms in total. The van der Waals surface area contributed by atoms with Gasteiger partial charge in [-0.1, -0.05) is 18.2 Å². The molecule has 0 aliphatic carbocycles. The summed E-state index contributed by atoms with van der Waals surface area (Å²) in [4.78, 5) is 37.7. The molecule has 1 aliphatic heterocycles. The second-order valence-corrected chi connectivity index (χ2v) is 4.16. The number of carbonyl (C=O) groups excluding carboxylic acids is 3. The molecule has 1 heterocycles. The van der Waals surface area contributed by atoms with Crippen molar-refractivity contribution in [2.24, 2.45) is 0 Å². The number of piperazine rings is 1. The Morgan fingerprint density at radius 3 is 2.33 bits per heavy atom. The van der Waals surface area contributed by atoms with Crippen molar-refractivity contribution in [1.82, 2.24) is 9.80 Å². The number of benzene rings is 1. The van der Waals surface area contributed by atoms with Crippen LogP contribution in [0.2, 0.25) is 0 Å². The van der Waals surface area contributed by atoms with Crippen LogP contribution in [-0.4, -0.2) is 47.2 Å². The van der Waals surface area contributed by atoms with Gasteiger partial charge in [0.2, 0.25) is 11.8 Å². The van der Waals surface area contributed by atoms with E-state index in [4.69, 9.17) is 0 Å². The molecule has 1 aliphatic rings. The van der Waals surface area contributed by atoms with Gasteiger partial charge in [0.05, 0.1) is 0 Å². The molecule has 1 aromatic rings. The summed E-state index contributed by atoms with van der Waals surface area (Å²) < 4.78 is 0. The van der Waals surface area contributed by atoms with Crippen LogP contribution in [0.3, 0.4) is 0 Å². The highest BCUT2D eigenvalue weighted by molar-refractivity contribution is 6.06. The molecule has 1 aromatic carbocycles. The van der Waals surface area contributed by atoms with Crippen molar-refractivity contribution in [3.63, 3.8) is 0 Å². The maximum atomic E-state index is 12.1. The van der Waals surface area contributed by atoms with E-state index in [-0.39, 0.29) is 30.8 Å². The summed E-state index contributed by atoms with van der Waals surface area (Å²) in [5.74, 6) is -0.774. The monoisotopic (exact) mass is 246 g/mol. The van der Waals surface area contributed by atoms with E-state index >= 15 is 0 Å². The smallest absolute Gasteiger partial charge is 0.260 e. The highest BCUT2D eigenvalue weighted by Crippen LogP contribution is 2.09. The molecular weight excluding hydrogens is 232 g/mol. The molecule has 94 valence electrons. The molecular formula is C13H14N2O3. The first kappa shape index (κ1) is 12.3. The van der Waals surface area contributed by atoms with E-state index in [1.807, 2.05) is 6.07 Å². The number of carbonyl (C=O) groups is 3. The van der Waals surface area contributed by atoms with Gasteiger partial charge in [0, 0.05) is 25.6 Å². The zero-order valence-corrected chi connectivity index (χ0v) is 10.1. The summed E-state index contributed by atoms with van der Waals surface area (Å²) in [6, 6.07) is 8.67. The van der Waals surface area contributed by atoms with E-state index < -0.39 is 0 Å². The molecule has 0 spiro atoms. The van der Waals surface area contributed by atoms with Crippen molar-refractivity contribution in [3.05, 3.63) is 35.9 Å². The Morgan fingerprint density at radius 2 is 1.78 bits per heavy atom. The molecule has 18 heavy (non-hydrogen) atoms. The second kappa shape index (κ2) is 5.00. The minimum Gasteiger partial charge on any atom is -0.332 e. The molecule has 2 rings (SSSR count). The summed E-state index contributed by atoms with van der Waals surface area (Å²) >= 11 is 0. The maximum absolute atomic E-state index is 12.1. The van der Waals surface area contributed by atoms with E-state index in [9.17, 15) is 14.4 Å². The second-order valence-electron chi connectivity index (χ2n) is 4.16. The van der Waals surface area contributed by atoms with Crippen LogP contribution in [0.1, 0.15) is 17.3 Å². The minimum atomic E-state index is -0.328. The molecule has 0 atom stereocenters. The van der Waals surface area contributed by atoms with Crippen LogP contribution < -0.4 is 0 Å². The molecule has 0 saturated carbocycles. The predicted molar refractivity (Wildman–Crippen MR) is 64.7 cm³/mol. The Morgan fingerprint density at radius 1 is 1.11 bits per heavy atom. The summed E-state index contributed by atoms with van der Waals surface area (Å²) in [6.45, 7) is 2.06. The third-order valence-corrected chi connectivity index (χ3v) is 2.93. The van der Waals surface area contributed by atoms with Gasteiger partial charge in [0.15, 0.2) is 0 Å². The Hall–Kier alpha value is -2.17. The van der Waals surface area contributed by atoms with Crippen molar-refractivity contribution in [1.29, 1.82) is 0 Å². The van der Waals surface area contributed by atoms with Crippen LogP contribution in [0, 0.1) is 0 Å². The molecule has 0 bridgehead atoms. The fraction of sp³-hybridized carbons (Fsp3) is 0.308. The maximum Gasteiger partial charge on any atom is 0.260 e. The van der Waals surface area contributed by atoms with Gasteiger partial charge in [0.25, 0.3) is 5.91 Å². The first-order chi connectivity index (χ1) is 8.59. The van der Waals surface area contributed by atoms with Gasteiger partial charge in [0.1, 0.15) is 6.54 Å². The molecule has 0 aromatic heterocycles. The molecule has 5 heteroatoms. The molecule has 0 radical (unpaired) electrons. The van der Waals surface area contributed by atoms with Crippen LogP contribution in [0.25, 0.3) is 0 Å².